The lowest BCUT2D eigenvalue weighted by Crippen LogP contribution is -2.39. The summed E-state index contributed by atoms with van der Waals surface area (Å²) >= 11 is 1.68. The first-order chi connectivity index (χ1) is 14.6. The molecule has 0 aliphatic carbocycles. The average Bonchev–Trinajstić information content (AvgIpc) is 3.26. The van der Waals surface area contributed by atoms with Crippen LogP contribution in [0.25, 0.3) is 6.08 Å². The lowest BCUT2D eigenvalue weighted by molar-refractivity contribution is -0.384. The van der Waals surface area contributed by atoms with Gasteiger partial charge in [0.25, 0.3) is 5.69 Å². The largest absolute Gasteiger partial charge is 0.497 e. The number of fused-ring (bicyclic) bond motifs is 1. The lowest BCUT2D eigenvalue weighted by Gasteiger charge is -2.35. The number of nitro groups is 1. The van der Waals surface area contributed by atoms with E-state index in [2.05, 4.69) is 0 Å². The van der Waals surface area contributed by atoms with Gasteiger partial charge in [-0.3, -0.25) is 14.9 Å². The number of carbonyl (C=O) groups is 1. The number of nitrogens with zero attached hydrogens (tertiary/aromatic N) is 2. The number of hydrogen-bond donors (Lipinski definition) is 0. The first-order valence-electron chi connectivity index (χ1n) is 9.50. The van der Waals surface area contributed by atoms with Gasteiger partial charge in [0.05, 0.1) is 18.1 Å². The van der Waals surface area contributed by atoms with E-state index in [1.165, 1.54) is 17.0 Å². The van der Waals surface area contributed by atoms with Crippen LogP contribution in [0.3, 0.4) is 0 Å². The zero-order chi connectivity index (χ0) is 21.1. The molecule has 3 aromatic rings. The third-order valence-corrected chi connectivity index (χ3v) is 6.20. The maximum absolute atomic E-state index is 13.1. The van der Waals surface area contributed by atoms with E-state index in [1.54, 1.807) is 42.7 Å². The Kier molecular flexibility index (Phi) is 5.63. The van der Waals surface area contributed by atoms with Crippen molar-refractivity contribution in [2.45, 2.75) is 12.5 Å². The molecule has 2 heterocycles. The molecule has 0 bridgehead atoms. The molecule has 1 unspecified atom stereocenters. The van der Waals surface area contributed by atoms with Gasteiger partial charge in [0.2, 0.25) is 5.91 Å². The summed E-state index contributed by atoms with van der Waals surface area (Å²) in [5.41, 5.74) is 2.90. The third kappa shape index (κ3) is 3.97. The predicted molar refractivity (Wildman–Crippen MR) is 117 cm³/mol. The zero-order valence-electron chi connectivity index (χ0n) is 16.4. The van der Waals surface area contributed by atoms with Crippen LogP contribution in [0.2, 0.25) is 0 Å². The van der Waals surface area contributed by atoms with Crippen molar-refractivity contribution < 1.29 is 14.5 Å². The van der Waals surface area contributed by atoms with Gasteiger partial charge in [-0.1, -0.05) is 12.1 Å². The van der Waals surface area contributed by atoms with Crippen LogP contribution >= 0.6 is 11.3 Å². The molecule has 1 aliphatic rings. The van der Waals surface area contributed by atoms with Crippen molar-refractivity contribution in [1.82, 2.24) is 4.90 Å². The number of rotatable bonds is 5. The fourth-order valence-electron chi connectivity index (χ4n) is 3.67. The number of thiophene rings is 1. The Bertz CT molecular complexity index is 1090. The molecule has 2 aromatic carbocycles. The van der Waals surface area contributed by atoms with Crippen LogP contribution in [-0.4, -0.2) is 29.4 Å². The van der Waals surface area contributed by atoms with Crippen molar-refractivity contribution >= 4 is 29.0 Å². The monoisotopic (exact) mass is 420 g/mol. The van der Waals surface area contributed by atoms with Crippen molar-refractivity contribution in [3.8, 4) is 5.75 Å². The second kappa shape index (κ2) is 8.51. The van der Waals surface area contributed by atoms with Crippen LogP contribution in [0.5, 0.6) is 5.75 Å². The Hall–Kier alpha value is -3.45. The van der Waals surface area contributed by atoms with E-state index in [-0.39, 0.29) is 17.6 Å². The average molecular weight is 420 g/mol. The molecule has 0 N–H and O–H groups in total. The quantitative estimate of drug-likeness (QED) is 0.336. The summed E-state index contributed by atoms with van der Waals surface area (Å²) in [6, 6.07) is 15.7. The topological polar surface area (TPSA) is 72.7 Å². The van der Waals surface area contributed by atoms with Crippen LogP contribution in [0, 0.1) is 10.1 Å². The molecule has 0 fully saturated rings. The summed E-state index contributed by atoms with van der Waals surface area (Å²) < 4.78 is 5.16. The van der Waals surface area contributed by atoms with E-state index in [1.807, 2.05) is 40.6 Å². The molecular formula is C23H20N2O4S. The van der Waals surface area contributed by atoms with Gasteiger partial charge in [0.1, 0.15) is 5.75 Å². The van der Waals surface area contributed by atoms with Crippen molar-refractivity contribution in [3.05, 3.63) is 97.7 Å². The minimum Gasteiger partial charge on any atom is -0.497 e. The van der Waals surface area contributed by atoms with E-state index in [4.69, 9.17) is 4.74 Å². The second-order valence-electron chi connectivity index (χ2n) is 6.94. The molecular weight excluding hydrogens is 400 g/mol. The first kappa shape index (κ1) is 19.8. The van der Waals surface area contributed by atoms with Crippen molar-refractivity contribution in [1.29, 1.82) is 0 Å². The number of nitro benzene ring substituents is 1. The Balaban J connectivity index is 1.62. The van der Waals surface area contributed by atoms with Crippen molar-refractivity contribution in [3.63, 3.8) is 0 Å². The number of carbonyl (C=O) groups excluding carboxylic acids is 1. The molecule has 4 rings (SSSR count). The normalized spacial score (nSPS) is 15.8. The van der Waals surface area contributed by atoms with Gasteiger partial charge in [-0.15, -0.1) is 11.3 Å². The summed E-state index contributed by atoms with van der Waals surface area (Å²) in [6.07, 6.45) is 4.17. The molecule has 0 spiro atoms. The Morgan fingerprint density at radius 1 is 1.17 bits per heavy atom. The fraction of sp³-hybridized carbons (Fsp3) is 0.174. The predicted octanol–water partition coefficient (Wildman–Crippen LogP) is 4.85. The number of ether oxygens (including phenoxy) is 1. The van der Waals surface area contributed by atoms with Gasteiger partial charge in [-0.2, -0.15) is 0 Å². The molecule has 152 valence electrons. The standard InChI is InChI=1S/C23H20N2O4S/c1-29-19-9-2-16(3-10-19)4-11-22(26)24-14-12-21-20(13-15-30-21)23(24)17-5-7-18(8-6-17)25(27)28/h2-11,13,15,23H,12,14H2,1H3/b11-4+. The highest BCUT2D eigenvalue weighted by Gasteiger charge is 2.32. The third-order valence-electron chi connectivity index (χ3n) is 5.20. The Morgan fingerprint density at radius 2 is 1.90 bits per heavy atom. The number of methoxy groups -OCH3 is 1. The number of non-ortho nitro benzene ring substituents is 1. The van der Waals surface area contributed by atoms with Crippen LogP contribution in [0.15, 0.2) is 66.1 Å². The van der Waals surface area contributed by atoms with E-state index in [0.717, 1.165) is 28.9 Å². The minimum absolute atomic E-state index is 0.0392. The van der Waals surface area contributed by atoms with Gasteiger partial charge in [-0.05, 0) is 64.9 Å². The number of benzene rings is 2. The second-order valence-corrected chi connectivity index (χ2v) is 7.94. The smallest absolute Gasteiger partial charge is 0.269 e. The van der Waals surface area contributed by atoms with Crippen LogP contribution in [0.4, 0.5) is 5.69 Å². The van der Waals surface area contributed by atoms with E-state index in [0.29, 0.717) is 6.54 Å². The van der Waals surface area contributed by atoms with Gasteiger partial charge in [-0.25, -0.2) is 0 Å². The Labute approximate surface area is 178 Å². The lowest BCUT2D eigenvalue weighted by atomic mass is 9.93. The molecule has 30 heavy (non-hydrogen) atoms. The highest BCUT2D eigenvalue weighted by molar-refractivity contribution is 7.10. The minimum atomic E-state index is -0.415. The fourth-order valence-corrected chi connectivity index (χ4v) is 4.57. The van der Waals surface area contributed by atoms with E-state index in [9.17, 15) is 14.9 Å². The molecule has 7 heteroatoms. The van der Waals surface area contributed by atoms with Crippen LogP contribution in [-0.2, 0) is 11.2 Å². The molecule has 1 amide bonds. The molecule has 6 nitrogen and oxygen atoms in total. The molecule has 0 saturated heterocycles. The highest BCUT2D eigenvalue weighted by atomic mass is 32.1. The van der Waals surface area contributed by atoms with Crippen molar-refractivity contribution in [2.75, 3.05) is 13.7 Å². The summed E-state index contributed by atoms with van der Waals surface area (Å²) in [4.78, 5) is 26.8. The zero-order valence-corrected chi connectivity index (χ0v) is 17.2. The summed E-state index contributed by atoms with van der Waals surface area (Å²) in [5.74, 6) is 0.670. The summed E-state index contributed by atoms with van der Waals surface area (Å²) in [6.45, 7) is 0.598. The number of hydrogen-bond acceptors (Lipinski definition) is 5. The van der Waals surface area contributed by atoms with E-state index < -0.39 is 4.92 Å². The van der Waals surface area contributed by atoms with Crippen molar-refractivity contribution in [2.24, 2.45) is 0 Å². The molecule has 0 saturated carbocycles. The van der Waals surface area contributed by atoms with Gasteiger partial charge >= 0.3 is 0 Å². The van der Waals surface area contributed by atoms with Crippen LogP contribution in [0.1, 0.15) is 27.6 Å². The van der Waals surface area contributed by atoms with Gasteiger partial charge in [0, 0.05) is 29.6 Å². The molecule has 0 radical (unpaired) electrons. The summed E-state index contributed by atoms with van der Waals surface area (Å²) in [7, 11) is 1.61. The molecule has 1 atom stereocenters. The number of amides is 1. The maximum Gasteiger partial charge on any atom is 0.269 e. The highest BCUT2D eigenvalue weighted by Crippen LogP contribution is 2.38. The van der Waals surface area contributed by atoms with E-state index >= 15 is 0 Å². The first-order valence-corrected chi connectivity index (χ1v) is 10.4. The molecule has 1 aromatic heterocycles. The Morgan fingerprint density at radius 3 is 2.57 bits per heavy atom. The maximum atomic E-state index is 13.1. The summed E-state index contributed by atoms with van der Waals surface area (Å²) in [5, 5.41) is 13.0. The molecule has 1 aliphatic heterocycles. The SMILES string of the molecule is COc1ccc(/C=C/C(=O)N2CCc3sccc3C2c2ccc([N+](=O)[O-])cc2)cc1. The van der Waals surface area contributed by atoms with Gasteiger partial charge in [0.15, 0.2) is 0 Å². The van der Waals surface area contributed by atoms with Gasteiger partial charge < -0.3 is 9.64 Å². The van der Waals surface area contributed by atoms with Crippen LogP contribution < -0.4 is 4.74 Å².